The lowest BCUT2D eigenvalue weighted by Gasteiger charge is -2.42. The van der Waals surface area contributed by atoms with Crippen LogP contribution in [0.1, 0.15) is 30.5 Å². The van der Waals surface area contributed by atoms with E-state index in [1.807, 2.05) is 47.0 Å². The Balaban J connectivity index is 1.64. The van der Waals surface area contributed by atoms with Crippen molar-refractivity contribution >= 4 is 17.5 Å². The minimum Gasteiger partial charge on any atom is -0.370 e. The first-order valence-electron chi connectivity index (χ1n) is 9.82. The largest absolute Gasteiger partial charge is 0.370 e. The predicted octanol–water partition coefficient (Wildman–Crippen LogP) is 1.45. The molecule has 1 aromatic carbocycles. The molecule has 0 radical (unpaired) electrons. The maximum atomic E-state index is 12.6. The number of primary amides is 1. The van der Waals surface area contributed by atoms with Crippen LogP contribution in [0.3, 0.4) is 0 Å². The van der Waals surface area contributed by atoms with Crippen LogP contribution >= 0.6 is 0 Å². The van der Waals surface area contributed by atoms with Crippen molar-refractivity contribution in [2.24, 2.45) is 11.5 Å². The number of fused-ring (bicyclic) bond motifs is 1. The van der Waals surface area contributed by atoms with Gasteiger partial charge in [0.2, 0.25) is 11.8 Å². The Labute approximate surface area is 169 Å². The third-order valence-electron chi connectivity index (χ3n) is 5.85. The number of pyridine rings is 1. The molecule has 2 aromatic heterocycles. The molecule has 3 heterocycles. The molecule has 3 aromatic rings. The van der Waals surface area contributed by atoms with Crippen molar-refractivity contribution in [3.8, 4) is 0 Å². The standard InChI is InChI=1S/C22H25N5O2/c23-17(14-19(24)28)21(29)26-12-9-22(10-13-26,16-6-2-1-3-7-16)18-15-27-11-5-4-8-20(27)25-18/h1-8,11,15,17H,9-10,12-14,23H2,(H2,24,28)/t17-/m0/s1. The number of aromatic nitrogens is 2. The fourth-order valence-electron chi connectivity index (χ4n) is 4.26. The number of amides is 2. The van der Waals surface area contributed by atoms with Gasteiger partial charge in [-0.2, -0.15) is 0 Å². The summed E-state index contributed by atoms with van der Waals surface area (Å²) in [4.78, 5) is 30.4. The van der Waals surface area contributed by atoms with Crippen molar-refractivity contribution in [3.05, 3.63) is 72.2 Å². The van der Waals surface area contributed by atoms with E-state index in [1.54, 1.807) is 4.90 Å². The molecule has 0 saturated carbocycles. The molecule has 1 atom stereocenters. The van der Waals surface area contributed by atoms with Gasteiger partial charge in [0.1, 0.15) is 5.65 Å². The maximum absolute atomic E-state index is 12.6. The van der Waals surface area contributed by atoms with E-state index in [9.17, 15) is 9.59 Å². The van der Waals surface area contributed by atoms with E-state index >= 15 is 0 Å². The van der Waals surface area contributed by atoms with Gasteiger partial charge >= 0.3 is 0 Å². The smallest absolute Gasteiger partial charge is 0.240 e. The highest BCUT2D eigenvalue weighted by molar-refractivity contribution is 5.87. The zero-order valence-corrected chi connectivity index (χ0v) is 16.2. The lowest BCUT2D eigenvalue weighted by atomic mass is 9.70. The Morgan fingerprint density at radius 2 is 1.76 bits per heavy atom. The number of hydrogen-bond donors (Lipinski definition) is 2. The molecule has 1 aliphatic heterocycles. The molecule has 1 saturated heterocycles. The molecule has 1 fully saturated rings. The fourth-order valence-corrected chi connectivity index (χ4v) is 4.26. The molecule has 4 N–H and O–H groups in total. The van der Waals surface area contributed by atoms with Crippen LogP contribution in [0.25, 0.3) is 5.65 Å². The second kappa shape index (κ2) is 7.67. The van der Waals surface area contributed by atoms with Crippen LogP contribution in [-0.2, 0) is 15.0 Å². The van der Waals surface area contributed by atoms with E-state index < -0.39 is 11.9 Å². The summed E-state index contributed by atoms with van der Waals surface area (Å²) in [7, 11) is 0. The van der Waals surface area contributed by atoms with Crippen molar-refractivity contribution in [1.82, 2.24) is 14.3 Å². The molecule has 0 bridgehead atoms. The number of hydrogen-bond acceptors (Lipinski definition) is 4. The zero-order chi connectivity index (χ0) is 20.4. The Hall–Kier alpha value is -3.19. The molecule has 150 valence electrons. The summed E-state index contributed by atoms with van der Waals surface area (Å²) in [5, 5.41) is 0. The van der Waals surface area contributed by atoms with Crippen molar-refractivity contribution in [1.29, 1.82) is 0 Å². The molecule has 0 aliphatic carbocycles. The Bertz CT molecular complexity index is 989. The van der Waals surface area contributed by atoms with E-state index in [2.05, 4.69) is 18.3 Å². The highest BCUT2D eigenvalue weighted by atomic mass is 16.2. The molecular weight excluding hydrogens is 366 g/mol. The van der Waals surface area contributed by atoms with E-state index in [4.69, 9.17) is 16.5 Å². The number of rotatable bonds is 5. The summed E-state index contributed by atoms with van der Waals surface area (Å²) in [6.07, 6.45) is 5.40. The van der Waals surface area contributed by atoms with Gasteiger partial charge in [-0.3, -0.25) is 9.59 Å². The topological polar surface area (TPSA) is 107 Å². The molecule has 4 rings (SSSR count). The molecule has 0 spiro atoms. The minimum absolute atomic E-state index is 0.133. The highest BCUT2D eigenvalue weighted by Crippen LogP contribution is 2.41. The van der Waals surface area contributed by atoms with Gasteiger partial charge in [-0.15, -0.1) is 0 Å². The fraction of sp³-hybridized carbons (Fsp3) is 0.318. The van der Waals surface area contributed by atoms with E-state index in [1.165, 1.54) is 5.56 Å². The number of benzene rings is 1. The predicted molar refractivity (Wildman–Crippen MR) is 110 cm³/mol. The van der Waals surface area contributed by atoms with Gasteiger partial charge < -0.3 is 20.8 Å². The second-order valence-corrected chi connectivity index (χ2v) is 7.64. The van der Waals surface area contributed by atoms with Crippen molar-refractivity contribution in [3.63, 3.8) is 0 Å². The first-order chi connectivity index (χ1) is 14.0. The lowest BCUT2D eigenvalue weighted by molar-refractivity contribution is -0.136. The van der Waals surface area contributed by atoms with E-state index in [-0.39, 0.29) is 17.7 Å². The monoisotopic (exact) mass is 391 g/mol. The summed E-state index contributed by atoms with van der Waals surface area (Å²) in [5.74, 6) is -0.786. The van der Waals surface area contributed by atoms with Crippen LogP contribution in [0.15, 0.2) is 60.9 Å². The first-order valence-corrected chi connectivity index (χ1v) is 9.82. The summed E-state index contributed by atoms with van der Waals surface area (Å²) in [5.41, 5.74) is 13.9. The summed E-state index contributed by atoms with van der Waals surface area (Å²) in [6, 6.07) is 15.4. The number of piperidine rings is 1. The summed E-state index contributed by atoms with van der Waals surface area (Å²) >= 11 is 0. The molecule has 7 nitrogen and oxygen atoms in total. The van der Waals surface area contributed by atoms with Gasteiger partial charge in [0.15, 0.2) is 0 Å². The van der Waals surface area contributed by atoms with Gasteiger partial charge in [0.05, 0.1) is 18.2 Å². The number of carbonyl (C=O) groups is 2. The molecule has 29 heavy (non-hydrogen) atoms. The van der Waals surface area contributed by atoms with Crippen LogP contribution in [0.4, 0.5) is 0 Å². The van der Waals surface area contributed by atoms with Crippen LogP contribution in [0, 0.1) is 0 Å². The summed E-state index contributed by atoms with van der Waals surface area (Å²) < 4.78 is 2.03. The molecule has 2 amide bonds. The third-order valence-corrected chi connectivity index (χ3v) is 5.85. The van der Waals surface area contributed by atoms with Crippen LogP contribution in [0.5, 0.6) is 0 Å². The van der Waals surface area contributed by atoms with Crippen molar-refractivity contribution < 1.29 is 9.59 Å². The average molecular weight is 391 g/mol. The zero-order valence-electron chi connectivity index (χ0n) is 16.2. The Morgan fingerprint density at radius 1 is 1.07 bits per heavy atom. The maximum Gasteiger partial charge on any atom is 0.240 e. The molecule has 1 aliphatic rings. The normalized spacial score (nSPS) is 17.2. The Kier molecular flexibility index (Phi) is 5.07. The van der Waals surface area contributed by atoms with Gasteiger partial charge in [-0.1, -0.05) is 36.4 Å². The number of carbonyl (C=O) groups excluding carboxylic acids is 2. The minimum atomic E-state index is -0.882. The highest BCUT2D eigenvalue weighted by Gasteiger charge is 2.41. The molecule has 7 heteroatoms. The van der Waals surface area contributed by atoms with Crippen molar-refractivity contribution in [2.75, 3.05) is 13.1 Å². The number of likely N-dealkylation sites (tertiary alicyclic amines) is 1. The van der Waals surface area contributed by atoms with Gasteiger partial charge in [-0.25, -0.2) is 4.98 Å². The SMILES string of the molecule is NC(=O)C[C@H](N)C(=O)N1CCC(c2ccccc2)(c2cn3ccccc3n2)CC1. The lowest BCUT2D eigenvalue weighted by Crippen LogP contribution is -2.51. The van der Waals surface area contributed by atoms with Crippen LogP contribution in [0.2, 0.25) is 0 Å². The third kappa shape index (κ3) is 3.61. The Morgan fingerprint density at radius 3 is 2.41 bits per heavy atom. The quantitative estimate of drug-likeness (QED) is 0.686. The average Bonchev–Trinajstić information content (AvgIpc) is 3.18. The van der Waals surface area contributed by atoms with Gasteiger partial charge in [0.25, 0.3) is 0 Å². The second-order valence-electron chi connectivity index (χ2n) is 7.64. The van der Waals surface area contributed by atoms with Gasteiger partial charge in [0, 0.05) is 30.9 Å². The molecular formula is C22H25N5O2. The first kappa shape index (κ1) is 19.1. The number of nitrogens with zero attached hydrogens (tertiary/aromatic N) is 3. The van der Waals surface area contributed by atoms with Crippen LogP contribution < -0.4 is 11.5 Å². The summed E-state index contributed by atoms with van der Waals surface area (Å²) in [6.45, 7) is 1.10. The van der Waals surface area contributed by atoms with E-state index in [0.717, 1.165) is 24.2 Å². The van der Waals surface area contributed by atoms with E-state index in [0.29, 0.717) is 13.1 Å². The van der Waals surface area contributed by atoms with Gasteiger partial charge in [-0.05, 0) is 30.5 Å². The number of imidazole rings is 1. The van der Waals surface area contributed by atoms with Crippen molar-refractivity contribution in [2.45, 2.75) is 30.7 Å². The van der Waals surface area contributed by atoms with Crippen LogP contribution in [-0.4, -0.2) is 45.2 Å². The number of nitrogens with two attached hydrogens (primary N) is 2. The molecule has 0 unspecified atom stereocenters.